The van der Waals surface area contributed by atoms with Crippen LogP contribution in [-0.2, 0) is 45.9 Å². The monoisotopic (exact) mass is 1160 g/mol. The number of rotatable bonds is 16. The second-order valence-electron chi connectivity index (χ2n) is 23.8. The molecule has 0 spiro atoms. The van der Waals surface area contributed by atoms with E-state index >= 15 is 0 Å². The summed E-state index contributed by atoms with van der Waals surface area (Å²) in [5, 5.41) is 15.6. The molecule has 4 aromatic heterocycles. The molecule has 24 heteroatoms. The number of piperazine rings is 2. The molecule has 2 saturated heterocycles. The fourth-order valence-corrected chi connectivity index (χ4v) is 10.4. The number of unbranched alkanes of at least 4 members (excludes halogenated alkanes) is 2. The van der Waals surface area contributed by atoms with Gasteiger partial charge in [-0.15, -0.1) is 0 Å². The van der Waals surface area contributed by atoms with Crippen LogP contribution in [0.2, 0.25) is 0 Å². The van der Waals surface area contributed by atoms with E-state index in [9.17, 15) is 45.5 Å². The lowest BCUT2D eigenvalue weighted by Gasteiger charge is -2.36. The third-order valence-electron chi connectivity index (χ3n) is 15.2. The van der Waals surface area contributed by atoms with Gasteiger partial charge in [-0.2, -0.15) is 36.3 Å². The molecule has 0 aromatic carbocycles. The Morgan fingerprint density at radius 3 is 1.12 bits per heavy atom. The normalized spacial score (nSPS) is 17.5. The Morgan fingerprint density at radius 1 is 0.500 bits per heavy atom. The van der Waals surface area contributed by atoms with Gasteiger partial charge in [0.15, 0.2) is 0 Å². The summed E-state index contributed by atoms with van der Waals surface area (Å²) < 4.78 is 84.1. The lowest BCUT2D eigenvalue weighted by molar-refractivity contribution is -0.142. The van der Waals surface area contributed by atoms with E-state index < -0.39 is 46.5 Å². The van der Waals surface area contributed by atoms with Crippen molar-refractivity contribution in [1.82, 2.24) is 48.8 Å². The van der Waals surface area contributed by atoms with Crippen molar-refractivity contribution in [2.45, 2.75) is 180 Å². The number of alkyl halides is 6. The summed E-state index contributed by atoms with van der Waals surface area (Å²) in [6.45, 7) is 19.5. The lowest BCUT2D eigenvalue weighted by Crippen LogP contribution is -2.47. The predicted molar refractivity (Wildman–Crippen MR) is 300 cm³/mol. The van der Waals surface area contributed by atoms with Gasteiger partial charge in [0.2, 0.25) is 0 Å². The fraction of sp³-hybridized carbons (Fsp3) is 0.655. The number of aliphatic carboxylic acids is 2. The van der Waals surface area contributed by atoms with Gasteiger partial charge in [0, 0.05) is 125 Å². The maximum atomic E-state index is 13.4. The molecule has 6 heterocycles. The Labute approximate surface area is 476 Å². The molecule has 2 aliphatic carbocycles. The highest BCUT2D eigenvalue weighted by Crippen LogP contribution is 2.35. The number of anilines is 2. The number of aromatic nitrogens is 8. The Balaban J connectivity index is 0.000000233. The van der Waals surface area contributed by atoms with Crippen LogP contribution in [0.5, 0.6) is 0 Å². The zero-order valence-electron chi connectivity index (χ0n) is 48.3. The zero-order valence-corrected chi connectivity index (χ0v) is 48.3. The van der Waals surface area contributed by atoms with E-state index in [1.54, 1.807) is 9.13 Å². The molecular weight excluding hydrogens is 1070 g/mol. The van der Waals surface area contributed by atoms with E-state index in [-0.39, 0.29) is 23.0 Å². The van der Waals surface area contributed by atoms with Crippen LogP contribution in [0.4, 0.5) is 38.0 Å². The first-order chi connectivity index (χ1) is 38.6. The van der Waals surface area contributed by atoms with Crippen LogP contribution < -0.4 is 21.2 Å². The quantitative estimate of drug-likeness (QED) is 0.0608. The fourth-order valence-electron chi connectivity index (χ4n) is 10.4. The summed E-state index contributed by atoms with van der Waals surface area (Å²) in [7, 11) is 0. The molecule has 8 rings (SSSR count). The minimum absolute atomic E-state index is 0.158. The third-order valence-corrected chi connectivity index (χ3v) is 15.2. The summed E-state index contributed by atoms with van der Waals surface area (Å²) in [6.07, 6.45) is 11.4. The first-order valence-corrected chi connectivity index (χ1v) is 28.8. The van der Waals surface area contributed by atoms with Gasteiger partial charge in [0.05, 0.1) is 11.4 Å². The first-order valence-electron chi connectivity index (χ1n) is 28.8. The van der Waals surface area contributed by atoms with Crippen molar-refractivity contribution in [3.8, 4) is 0 Å². The summed E-state index contributed by atoms with van der Waals surface area (Å²) in [6, 6.07) is 6.16. The van der Waals surface area contributed by atoms with E-state index in [1.807, 2.05) is 75.9 Å². The zero-order chi connectivity index (χ0) is 59.8. The Bertz CT molecular complexity index is 2600. The summed E-state index contributed by atoms with van der Waals surface area (Å²) in [5.41, 5.74) is -1.36. The number of nitrogens with zero attached hydrogens (tertiary/aromatic N) is 12. The minimum Gasteiger partial charge on any atom is -0.478 e. The van der Waals surface area contributed by atoms with Crippen LogP contribution in [0.3, 0.4) is 0 Å². The lowest BCUT2D eigenvalue weighted by atomic mass is 9.87. The molecule has 82 heavy (non-hydrogen) atoms. The van der Waals surface area contributed by atoms with Crippen molar-refractivity contribution in [3.63, 3.8) is 0 Å². The summed E-state index contributed by atoms with van der Waals surface area (Å²) in [4.78, 5) is 77.8. The molecule has 0 radical (unpaired) electrons. The molecule has 4 aliphatic rings. The van der Waals surface area contributed by atoms with E-state index in [0.717, 1.165) is 114 Å². The number of hydrogen-bond acceptors (Lipinski definition) is 14. The van der Waals surface area contributed by atoms with Gasteiger partial charge in [-0.3, -0.25) is 18.9 Å². The molecule has 0 bridgehead atoms. The van der Waals surface area contributed by atoms with Crippen molar-refractivity contribution in [3.05, 3.63) is 104 Å². The number of carbonyl (C=O) groups is 2. The van der Waals surface area contributed by atoms with Gasteiger partial charge in [-0.25, -0.2) is 39.1 Å². The Morgan fingerprint density at radius 2 is 0.829 bits per heavy atom. The average Bonchev–Trinajstić information content (AvgIpc) is 3.52. The van der Waals surface area contributed by atoms with Crippen molar-refractivity contribution in [1.29, 1.82) is 0 Å². The second-order valence-corrected chi connectivity index (χ2v) is 23.8. The summed E-state index contributed by atoms with van der Waals surface area (Å²) >= 11 is 0. The van der Waals surface area contributed by atoms with Crippen LogP contribution in [0.15, 0.2) is 58.4 Å². The van der Waals surface area contributed by atoms with Crippen molar-refractivity contribution < 1.29 is 46.1 Å². The third kappa shape index (κ3) is 20.2. The predicted octanol–water partition coefficient (Wildman–Crippen LogP) is 9.71. The van der Waals surface area contributed by atoms with E-state index in [2.05, 4.69) is 39.7 Å². The molecule has 18 nitrogen and oxygen atoms in total. The molecule has 2 N–H and O–H groups in total. The molecule has 2 aliphatic heterocycles. The molecule has 0 atom stereocenters. The molecule has 2 saturated carbocycles. The number of carboxylic acid groups (broad SMARTS) is 2. The maximum Gasteiger partial charge on any atom is 0.433 e. The molecule has 0 unspecified atom stereocenters. The van der Waals surface area contributed by atoms with Gasteiger partial charge >= 0.3 is 35.7 Å². The second kappa shape index (κ2) is 29.3. The number of hydrogen-bond donors (Lipinski definition) is 2. The van der Waals surface area contributed by atoms with Crippen molar-refractivity contribution in [2.24, 2.45) is 0 Å². The largest absolute Gasteiger partial charge is 0.478 e. The molecular formula is C58H82F6N12O6. The van der Waals surface area contributed by atoms with E-state index in [4.69, 9.17) is 10.2 Å². The van der Waals surface area contributed by atoms with Gasteiger partial charge in [0.25, 0.3) is 0 Å². The molecule has 4 aromatic rings. The Hall–Kier alpha value is -6.30. The smallest absolute Gasteiger partial charge is 0.433 e. The highest BCUT2D eigenvalue weighted by atomic mass is 19.4. The number of carboxylic acids is 2. The van der Waals surface area contributed by atoms with Crippen LogP contribution in [0.25, 0.3) is 0 Å². The standard InChI is InChI=1S/2C27H39F3N6O.C4H4O4/c2*1-26(2,3)24-32-22(27(28,29)30)19-23(33-24)35-17-15-34(16-18-35)12-7-8-13-36-14-11-21(31-25(36)37)20-9-5-4-6-10-20;5-3(6)1-2-4(7)8/h2*11,14,19-20H,4-10,12-13,15-18H2,1-3H3;1-2H,(H,5,6)(H,7,8)/b;;2-1+. The molecule has 4 fully saturated rings. The van der Waals surface area contributed by atoms with Crippen LogP contribution in [0, 0.1) is 0 Å². The summed E-state index contributed by atoms with van der Waals surface area (Å²) in [5.74, 6) is -0.562. The number of aryl methyl sites for hydroxylation is 2. The van der Waals surface area contributed by atoms with Gasteiger partial charge < -0.3 is 20.0 Å². The maximum absolute atomic E-state index is 13.4. The van der Waals surface area contributed by atoms with Crippen molar-refractivity contribution >= 4 is 23.6 Å². The SMILES string of the molecule is CC(C)(C)c1nc(N2CCN(CCCCn3ccc(C4CCCCC4)nc3=O)CC2)cc(C(F)(F)F)n1.CC(C)(C)c1nc(N2CCN(CCCCn3ccc(C4CCCCC4)nc3=O)CC2)cc(C(F)(F)F)n1.O=C(O)/C=C/C(=O)O. The van der Waals surface area contributed by atoms with Gasteiger partial charge in [0.1, 0.15) is 34.7 Å². The average molecular weight is 1160 g/mol. The van der Waals surface area contributed by atoms with Gasteiger partial charge in [-0.1, -0.05) is 80.1 Å². The van der Waals surface area contributed by atoms with E-state index in [0.29, 0.717) is 74.9 Å². The first kappa shape index (κ1) is 64.9. The highest BCUT2D eigenvalue weighted by molar-refractivity contribution is 5.89. The van der Waals surface area contributed by atoms with Crippen LogP contribution in [0.1, 0.15) is 178 Å². The topological polar surface area (TPSA) is 209 Å². The highest BCUT2D eigenvalue weighted by Gasteiger charge is 2.37. The minimum atomic E-state index is -4.51. The van der Waals surface area contributed by atoms with Crippen LogP contribution >= 0.6 is 0 Å². The van der Waals surface area contributed by atoms with Crippen LogP contribution in [-0.4, -0.2) is 136 Å². The van der Waals surface area contributed by atoms with Crippen molar-refractivity contribution in [2.75, 3.05) is 75.2 Å². The number of halogens is 6. The molecule has 0 amide bonds. The van der Waals surface area contributed by atoms with Gasteiger partial charge in [-0.05, 0) is 76.6 Å². The van der Waals surface area contributed by atoms with E-state index in [1.165, 1.54) is 38.5 Å². The molecule has 452 valence electrons. The Kier molecular flexibility index (Phi) is 23.2.